The van der Waals surface area contributed by atoms with E-state index in [1.807, 2.05) is 13.8 Å². The molecule has 0 aliphatic carbocycles. The van der Waals surface area contributed by atoms with Crippen molar-refractivity contribution in [2.75, 3.05) is 79.3 Å². The Labute approximate surface area is 158 Å². The van der Waals surface area contributed by atoms with E-state index in [1.54, 1.807) is 0 Å². The predicted octanol–water partition coefficient (Wildman–Crippen LogP) is 2.11. The standard InChI is InChI=1S/C19H38O7/c1-4-6-21-8-10-23-12-14-25-16-17-26-15-13-24-11-9-22-7-5-19(20)18(2)3/h18H,4-17H2,1-3H3. The van der Waals surface area contributed by atoms with Gasteiger partial charge in [-0.25, -0.2) is 0 Å². The Balaban J connectivity index is 3.04. The van der Waals surface area contributed by atoms with Crippen LogP contribution in [0.1, 0.15) is 33.6 Å². The molecule has 156 valence electrons. The third-order valence-corrected chi connectivity index (χ3v) is 3.35. The van der Waals surface area contributed by atoms with E-state index in [-0.39, 0.29) is 11.7 Å². The molecule has 7 nitrogen and oxygen atoms in total. The minimum Gasteiger partial charge on any atom is -0.379 e. The average molecular weight is 379 g/mol. The highest BCUT2D eigenvalue weighted by atomic mass is 16.6. The molecule has 0 amide bonds. The smallest absolute Gasteiger partial charge is 0.137 e. The van der Waals surface area contributed by atoms with Gasteiger partial charge in [-0.15, -0.1) is 0 Å². The largest absolute Gasteiger partial charge is 0.379 e. The maximum atomic E-state index is 11.4. The summed E-state index contributed by atoms with van der Waals surface area (Å²) >= 11 is 0. The highest BCUT2D eigenvalue weighted by molar-refractivity contribution is 5.80. The van der Waals surface area contributed by atoms with Crippen molar-refractivity contribution in [1.82, 2.24) is 0 Å². The molecule has 0 aromatic carbocycles. The molecule has 0 bridgehead atoms. The van der Waals surface area contributed by atoms with E-state index < -0.39 is 0 Å². The quantitative estimate of drug-likeness (QED) is 0.283. The fourth-order valence-electron chi connectivity index (χ4n) is 1.81. The van der Waals surface area contributed by atoms with Crippen molar-refractivity contribution in [3.05, 3.63) is 0 Å². The van der Waals surface area contributed by atoms with Crippen LogP contribution in [0.25, 0.3) is 0 Å². The van der Waals surface area contributed by atoms with Crippen LogP contribution in [0.5, 0.6) is 0 Å². The zero-order chi connectivity index (χ0) is 19.3. The van der Waals surface area contributed by atoms with Crippen LogP contribution >= 0.6 is 0 Å². The second-order valence-corrected chi connectivity index (χ2v) is 6.05. The van der Waals surface area contributed by atoms with E-state index in [0.717, 1.165) is 13.0 Å². The summed E-state index contributed by atoms with van der Waals surface area (Å²) in [5.41, 5.74) is 0. The van der Waals surface area contributed by atoms with Crippen molar-refractivity contribution in [3.63, 3.8) is 0 Å². The molecule has 0 saturated heterocycles. The monoisotopic (exact) mass is 378 g/mol. The van der Waals surface area contributed by atoms with E-state index in [2.05, 4.69) is 6.92 Å². The van der Waals surface area contributed by atoms with Gasteiger partial charge in [0.1, 0.15) is 5.78 Å². The highest BCUT2D eigenvalue weighted by Gasteiger charge is 2.05. The summed E-state index contributed by atoms with van der Waals surface area (Å²) in [4.78, 5) is 11.4. The van der Waals surface area contributed by atoms with Gasteiger partial charge < -0.3 is 28.4 Å². The topological polar surface area (TPSA) is 72.5 Å². The molecule has 0 spiro atoms. The van der Waals surface area contributed by atoms with Gasteiger partial charge in [-0.1, -0.05) is 20.8 Å². The molecule has 0 rings (SSSR count). The summed E-state index contributed by atoms with van der Waals surface area (Å²) < 4.78 is 32.2. The Kier molecular flexibility index (Phi) is 20.3. The molecule has 26 heavy (non-hydrogen) atoms. The molecule has 7 heteroatoms. The van der Waals surface area contributed by atoms with Crippen molar-refractivity contribution >= 4 is 5.78 Å². The van der Waals surface area contributed by atoms with Crippen molar-refractivity contribution in [2.45, 2.75) is 33.6 Å². The Bertz CT molecular complexity index is 298. The van der Waals surface area contributed by atoms with Crippen LogP contribution in [0.2, 0.25) is 0 Å². The number of hydrogen-bond acceptors (Lipinski definition) is 7. The first-order valence-corrected chi connectivity index (χ1v) is 9.67. The molecule has 0 heterocycles. The lowest BCUT2D eigenvalue weighted by molar-refractivity contribution is -0.123. The van der Waals surface area contributed by atoms with Gasteiger partial charge in [-0.2, -0.15) is 0 Å². The van der Waals surface area contributed by atoms with Crippen LogP contribution in [0.15, 0.2) is 0 Å². The fraction of sp³-hybridized carbons (Fsp3) is 0.947. The van der Waals surface area contributed by atoms with E-state index >= 15 is 0 Å². The summed E-state index contributed by atoms with van der Waals surface area (Å²) in [6.45, 7) is 12.6. The van der Waals surface area contributed by atoms with E-state index in [0.29, 0.717) is 79.1 Å². The third-order valence-electron chi connectivity index (χ3n) is 3.35. The molecule has 0 saturated carbocycles. The van der Waals surface area contributed by atoms with Gasteiger partial charge in [0, 0.05) is 18.9 Å². The van der Waals surface area contributed by atoms with Crippen molar-refractivity contribution < 1.29 is 33.2 Å². The molecular weight excluding hydrogens is 340 g/mol. The lowest BCUT2D eigenvalue weighted by atomic mass is 10.1. The Morgan fingerprint density at radius 1 is 0.577 bits per heavy atom. The normalized spacial score (nSPS) is 11.4. The summed E-state index contributed by atoms with van der Waals surface area (Å²) in [5, 5.41) is 0. The Hall–Kier alpha value is -0.570. The first kappa shape index (κ1) is 25.4. The number of carbonyl (C=O) groups excluding carboxylic acids is 1. The van der Waals surface area contributed by atoms with Crippen LogP contribution in [0.3, 0.4) is 0 Å². The highest BCUT2D eigenvalue weighted by Crippen LogP contribution is 1.98. The SMILES string of the molecule is CCCOCCOCCOCCOCCOCCOCCC(=O)C(C)C. The Morgan fingerprint density at radius 3 is 1.19 bits per heavy atom. The molecule has 0 aromatic rings. The second kappa shape index (κ2) is 20.7. The van der Waals surface area contributed by atoms with Crippen LogP contribution in [0.4, 0.5) is 0 Å². The summed E-state index contributed by atoms with van der Waals surface area (Å²) in [6, 6.07) is 0. The number of hydrogen-bond donors (Lipinski definition) is 0. The summed E-state index contributed by atoms with van der Waals surface area (Å²) in [6.07, 6.45) is 1.50. The third kappa shape index (κ3) is 19.8. The number of rotatable bonds is 21. The molecule has 0 N–H and O–H groups in total. The zero-order valence-electron chi connectivity index (χ0n) is 16.8. The maximum absolute atomic E-state index is 11.4. The number of ketones is 1. The van der Waals surface area contributed by atoms with Crippen LogP contribution < -0.4 is 0 Å². The van der Waals surface area contributed by atoms with Crippen LogP contribution in [-0.4, -0.2) is 85.1 Å². The van der Waals surface area contributed by atoms with Gasteiger partial charge in [-0.05, 0) is 6.42 Å². The van der Waals surface area contributed by atoms with Gasteiger partial charge in [0.2, 0.25) is 0 Å². The molecule has 0 atom stereocenters. The maximum Gasteiger partial charge on any atom is 0.137 e. The van der Waals surface area contributed by atoms with E-state index in [4.69, 9.17) is 28.4 Å². The molecule has 0 unspecified atom stereocenters. The van der Waals surface area contributed by atoms with Gasteiger partial charge in [0.15, 0.2) is 0 Å². The second-order valence-electron chi connectivity index (χ2n) is 6.05. The molecule has 0 radical (unpaired) electrons. The average Bonchev–Trinajstić information content (AvgIpc) is 2.63. The van der Waals surface area contributed by atoms with E-state index in [1.165, 1.54) is 0 Å². The lowest BCUT2D eigenvalue weighted by Gasteiger charge is -2.08. The van der Waals surface area contributed by atoms with Crippen molar-refractivity contribution in [3.8, 4) is 0 Å². The number of carbonyl (C=O) groups is 1. The lowest BCUT2D eigenvalue weighted by Crippen LogP contribution is -2.15. The summed E-state index contributed by atoms with van der Waals surface area (Å²) in [7, 11) is 0. The van der Waals surface area contributed by atoms with Gasteiger partial charge in [0.25, 0.3) is 0 Å². The number of Topliss-reactive ketones (excluding diaryl/α,β-unsaturated/α-hetero) is 1. The molecular formula is C19H38O7. The minimum atomic E-state index is 0.0775. The van der Waals surface area contributed by atoms with Crippen LogP contribution in [-0.2, 0) is 33.2 Å². The Morgan fingerprint density at radius 2 is 0.885 bits per heavy atom. The molecule has 0 fully saturated rings. The molecule has 0 aliphatic heterocycles. The fourth-order valence-corrected chi connectivity index (χ4v) is 1.81. The van der Waals surface area contributed by atoms with Crippen molar-refractivity contribution in [2.24, 2.45) is 5.92 Å². The van der Waals surface area contributed by atoms with Gasteiger partial charge >= 0.3 is 0 Å². The molecule has 0 aliphatic rings. The first-order chi connectivity index (χ1) is 12.7. The van der Waals surface area contributed by atoms with Gasteiger partial charge in [0.05, 0.1) is 72.7 Å². The van der Waals surface area contributed by atoms with E-state index in [9.17, 15) is 4.79 Å². The van der Waals surface area contributed by atoms with Crippen LogP contribution in [0, 0.1) is 5.92 Å². The number of ether oxygens (including phenoxy) is 6. The predicted molar refractivity (Wildman–Crippen MR) is 99.7 cm³/mol. The first-order valence-electron chi connectivity index (χ1n) is 9.67. The van der Waals surface area contributed by atoms with Crippen molar-refractivity contribution in [1.29, 1.82) is 0 Å². The zero-order valence-corrected chi connectivity index (χ0v) is 16.8. The molecule has 0 aromatic heterocycles. The summed E-state index contributed by atoms with van der Waals surface area (Å²) in [5.74, 6) is 0.308. The minimum absolute atomic E-state index is 0.0775. The van der Waals surface area contributed by atoms with Gasteiger partial charge in [-0.3, -0.25) is 4.79 Å².